The topological polar surface area (TPSA) is 91.8 Å². The van der Waals surface area contributed by atoms with Crippen LogP contribution in [-0.4, -0.2) is 42.2 Å². The van der Waals surface area contributed by atoms with Gasteiger partial charge in [-0.25, -0.2) is 4.98 Å². The van der Waals surface area contributed by atoms with E-state index >= 15 is 0 Å². The van der Waals surface area contributed by atoms with Crippen molar-refractivity contribution in [1.29, 1.82) is 0 Å². The maximum atomic E-state index is 12.1. The quantitative estimate of drug-likeness (QED) is 0.424. The molecule has 2 N–H and O–H groups in total. The highest BCUT2D eigenvalue weighted by atomic mass is 32.1. The third kappa shape index (κ3) is 5.95. The highest BCUT2D eigenvalue weighted by molar-refractivity contribution is 7.14. The number of carboxylic acid groups (broad SMARTS) is 1. The molecule has 0 aliphatic rings. The van der Waals surface area contributed by atoms with Crippen LogP contribution < -0.4 is 15.0 Å². The zero-order valence-electron chi connectivity index (χ0n) is 17.8. The third-order valence-electron chi connectivity index (χ3n) is 4.71. The van der Waals surface area contributed by atoms with Crippen LogP contribution in [0.5, 0.6) is 5.75 Å². The highest BCUT2D eigenvalue weighted by Crippen LogP contribution is 2.33. The van der Waals surface area contributed by atoms with E-state index in [1.165, 1.54) is 0 Å². The molecule has 0 aliphatic carbocycles. The van der Waals surface area contributed by atoms with Crippen molar-refractivity contribution in [3.63, 3.8) is 0 Å². The van der Waals surface area contributed by atoms with E-state index < -0.39 is 5.97 Å². The summed E-state index contributed by atoms with van der Waals surface area (Å²) in [4.78, 5) is 29.6. The minimum Gasteiger partial charge on any atom is -0.496 e. The second-order valence-corrected chi connectivity index (χ2v) is 7.82. The number of hydrogen-bond acceptors (Lipinski definition) is 6. The number of para-hydroxylation sites is 1. The number of carboxylic acids is 1. The Labute approximate surface area is 191 Å². The van der Waals surface area contributed by atoms with Crippen molar-refractivity contribution in [3.8, 4) is 17.0 Å². The number of carbonyl (C=O) groups excluding carboxylic acids is 1. The summed E-state index contributed by atoms with van der Waals surface area (Å²) in [6.45, 7) is 5.18. The van der Waals surface area contributed by atoms with E-state index in [1.807, 2.05) is 47.9 Å². The number of anilines is 1. The van der Waals surface area contributed by atoms with Crippen molar-refractivity contribution in [2.24, 2.45) is 0 Å². The molecule has 1 aromatic heterocycles. The molecule has 0 aliphatic heterocycles. The Morgan fingerprint density at radius 2 is 1.97 bits per heavy atom. The van der Waals surface area contributed by atoms with Crippen LogP contribution in [0.3, 0.4) is 0 Å². The van der Waals surface area contributed by atoms with Gasteiger partial charge in [0.1, 0.15) is 5.75 Å². The average Bonchev–Trinajstić information content (AvgIpc) is 3.29. The number of aromatic nitrogens is 1. The summed E-state index contributed by atoms with van der Waals surface area (Å²) in [6, 6.07) is 15.0. The lowest BCUT2D eigenvalue weighted by Crippen LogP contribution is -2.26. The Balaban J connectivity index is 1.71. The minimum atomic E-state index is -0.945. The molecule has 32 heavy (non-hydrogen) atoms. The number of hydrogen-bond donors (Lipinski definition) is 2. The molecule has 0 saturated carbocycles. The summed E-state index contributed by atoms with van der Waals surface area (Å²) in [5.41, 5.74) is 3.30. The summed E-state index contributed by atoms with van der Waals surface area (Å²) in [5.74, 6) is -0.460. The monoisotopic (exact) mass is 451 g/mol. The van der Waals surface area contributed by atoms with Crippen molar-refractivity contribution in [1.82, 2.24) is 10.3 Å². The molecule has 0 atom stereocenters. The van der Waals surface area contributed by atoms with E-state index in [2.05, 4.69) is 16.8 Å². The number of carbonyl (C=O) groups is 2. The SMILES string of the molecule is C=CCN(Cc1ccc(C(=O)NCCC(=O)O)cc1)c1nc(-c2ccccc2OC)cs1. The molecule has 0 radical (unpaired) electrons. The van der Waals surface area contributed by atoms with Gasteiger partial charge in [-0.3, -0.25) is 9.59 Å². The van der Waals surface area contributed by atoms with Gasteiger partial charge in [-0.15, -0.1) is 17.9 Å². The zero-order valence-corrected chi connectivity index (χ0v) is 18.6. The van der Waals surface area contributed by atoms with E-state index in [4.69, 9.17) is 14.8 Å². The Bertz CT molecular complexity index is 1080. The average molecular weight is 452 g/mol. The van der Waals surface area contributed by atoms with Gasteiger partial charge in [-0.2, -0.15) is 0 Å². The molecule has 0 fully saturated rings. The number of rotatable bonds is 11. The fourth-order valence-electron chi connectivity index (χ4n) is 3.12. The van der Waals surface area contributed by atoms with Gasteiger partial charge < -0.3 is 20.1 Å². The fourth-order valence-corrected chi connectivity index (χ4v) is 3.96. The summed E-state index contributed by atoms with van der Waals surface area (Å²) in [5, 5.41) is 14.1. The Morgan fingerprint density at radius 3 is 2.66 bits per heavy atom. The maximum absolute atomic E-state index is 12.1. The Hall–Kier alpha value is -3.65. The summed E-state index contributed by atoms with van der Waals surface area (Å²) in [7, 11) is 1.65. The van der Waals surface area contributed by atoms with Gasteiger partial charge in [0.25, 0.3) is 5.91 Å². The minimum absolute atomic E-state index is 0.0988. The number of thiazole rings is 1. The highest BCUT2D eigenvalue weighted by Gasteiger charge is 2.14. The van der Waals surface area contributed by atoms with Crippen LogP contribution in [0, 0.1) is 0 Å². The summed E-state index contributed by atoms with van der Waals surface area (Å²) in [6.07, 6.45) is 1.72. The Kier molecular flexibility index (Phi) is 7.99. The molecule has 8 heteroatoms. The molecule has 1 amide bonds. The van der Waals surface area contributed by atoms with Gasteiger partial charge in [-0.1, -0.05) is 30.3 Å². The molecular formula is C24H25N3O4S. The van der Waals surface area contributed by atoms with Crippen LogP contribution >= 0.6 is 11.3 Å². The molecule has 1 heterocycles. The van der Waals surface area contributed by atoms with Gasteiger partial charge in [0.2, 0.25) is 0 Å². The van der Waals surface area contributed by atoms with E-state index in [0.29, 0.717) is 18.7 Å². The van der Waals surface area contributed by atoms with E-state index in [9.17, 15) is 9.59 Å². The van der Waals surface area contributed by atoms with Gasteiger partial charge in [0.05, 0.1) is 19.2 Å². The second kappa shape index (κ2) is 11.1. The molecule has 0 unspecified atom stereocenters. The molecule has 2 aromatic carbocycles. The smallest absolute Gasteiger partial charge is 0.305 e. The number of methoxy groups -OCH3 is 1. The van der Waals surface area contributed by atoms with Crippen molar-refractivity contribution in [3.05, 3.63) is 77.7 Å². The van der Waals surface area contributed by atoms with E-state index in [0.717, 1.165) is 27.7 Å². The maximum Gasteiger partial charge on any atom is 0.305 e. The van der Waals surface area contributed by atoms with Crippen LogP contribution in [0.4, 0.5) is 5.13 Å². The predicted octanol–water partition coefficient (Wildman–Crippen LogP) is 4.22. The Morgan fingerprint density at radius 1 is 1.22 bits per heavy atom. The lowest BCUT2D eigenvalue weighted by atomic mass is 10.1. The number of ether oxygens (including phenoxy) is 1. The van der Waals surface area contributed by atoms with Gasteiger partial charge in [-0.05, 0) is 29.8 Å². The normalized spacial score (nSPS) is 10.4. The molecule has 0 spiro atoms. The van der Waals surface area contributed by atoms with Crippen molar-refractivity contribution in [2.45, 2.75) is 13.0 Å². The second-order valence-electron chi connectivity index (χ2n) is 6.98. The largest absolute Gasteiger partial charge is 0.496 e. The number of nitrogens with one attached hydrogen (secondary N) is 1. The van der Waals surface area contributed by atoms with Crippen LogP contribution in [0.25, 0.3) is 11.3 Å². The first kappa shape index (κ1) is 23.0. The first-order valence-corrected chi connectivity index (χ1v) is 10.9. The summed E-state index contributed by atoms with van der Waals surface area (Å²) >= 11 is 1.55. The molecule has 7 nitrogen and oxygen atoms in total. The number of aliphatic carboxylic acids is 1. The number of benzene rings is 2. The van der Waals surface area contributed by atoms with Crippen molar-refractivity contribution >= 4 is 28.3 Å². The van der Waals surface area contributed by atoms with Crippen LogP contribution in [-0.2, 0) is 11.3 Å². The molecule has 3 aromatic rings. The van der Waals surface area contributed by atoms with Gasteiger partial charge in [0, 0.05) is 36.1 Å². The molecular weight excluding hydrogens is 426 g/mol. The lowest BCUT2D eigenvalue weighted by Gasteiger charge is -2.20. The van der Waals surface area contributed by atoms with E-state index in [-0.39, 0.29) is 18.9 Å². The van der Waals surface area contributed by atoms with Crippen LogP contribution in [0.1, 0.15) is 22.3 Å². The van der Waals surface area contributed by atoms with E-state index in [1.54, 1.807) is 30.6 Å². The zero-order chi connectivity index (χ0) is 22.9. The van der Waals surface area contributed by atoms with Crippen LogP contribution in [0.2, 0.25) is 0 Å². The predicted molar refractivity (Wildman–Crippen MR) is 126 cm³/mol. The van der Waals surface area contributed by atoms with Gasteiger partial charge >= 0.3 is 5.97 Å². The van der Waals surface area contributed by atoms with Crippen LogP contribution in [0.15, 0.2) is 66.6 Å². The van der Waals surface area contributed by atoms with Gasteiger partial charge in [0.15, 0.2) is 5.13 Å². The fraction of sp³-hybridized carbons (Fsp3) is 0.208. The van der Waals surface area contributed by atoms with Crippen molar-refractivity contribution in [2.75, 3.05) is 25.1 Å². The summed E-state index contributed by atoms with van der Waals surface area (Å²) < 4.78 is 5.45. The van der Waals surface area contributed by atoms with Crippen molar-refractivity contribution < 1.29 is 19.4 Å². The molecule has 166 valence electrons. The first-order chi connectivity index (χ1) is 15.5. The first-order valence-electron chi connectivity index (χ1n) is 10.1. The lowest BCUT2D eigenvalue weighted by molar-refractivity contribution is -0.136. The number of nitrogens with zero attached hydrogens (tertiary/aromatic N) is 2. The standard InChI is InChI=1S/C24H25N3O4S/c1-3-14-27(24-26-20(16-32-24)19-6-4-5-7-21(19)31-2)15-17-8-10-18(11-9-17)23(30)25-13-12-22(28)29/h3-11,16H,1,12-15H2,2H3,(H,25,30)(H,28,29). The molecule has 0 bridgehead atoms. The number of amides is 1. The third-order valence-corrected chi connectivity index (χ3v) is 5.61. The molecule has 0 saturated heterocycles. The molecule has 3 rings (SSSR count).